The topological polar surface area (TPSA) is 92.5 Å². The number of hydrogen-bond donors (Lipinski definition) is 1. The number of pyridine rings is 1. The number of carbonyl (C=O) groups excluding carboxylic acids is 1. The highest BCUT2D eigenvalue weighted by Gasteiger charge is 2.26. The molecule has 0 radical (unpaired) electrons. The van der Waals surface area contributed by atoms with Crippen LogP contribution in [0.3, 0.4) is 0 Å². The first-order valence-electron chi connectivity index (χ1n) is 10.5. The number of sulfonamides is 1. The maximum Gasteiger partial charge on any atom is 0.255 e. The Morgan fingerprint density at radius 1 is 1.22 bits per heavy atom. The van der Waals surface area contributed by atoms with E-state index in [0.29, 0.717) is 41.1 Å². The molecular formula is C24H29N3O4S. The van der Waals surface area contributed by atoms with E-state index >= 15 is 0 Å². The summed E-state index contributed by atoms with van der Waals surface area (Å²) in [5.41, 5.74) is 3.08. The minimum Gasteiger partial charge on any atom is -0.437 e. The van der Waals surface area contributed by atoms with Gasteiger partial charge < -0.3 is 9.73 Å². The third-order valence-electron chi connectivity index (χ3n) is 5.27. The molecule has 7 nitrogen and oxygen atoms in total. The van der Waals surface area contributed by atoms with Crippen molar-refractivity contribution in [2.24, 2.45) is 0 Å². The van der Waals surface area contributed by atoms with Gasteiger partial charge in [-0.25, -0.2) is 8.42 Å². The lowest BCUT2D eigenvalue weighted by Gasteiger charge is -2.22. The van der Waals surface area contributed by atoms with Crippen LogP contribution in [0.25, 0.3) is 22.4 Å². The zero-order valence-corrected chi connectivity index (χ0v) is 19.8. The lowest BCUT2D eigenvalue weighted by Crippen LogP contribution is -2.32. The number of nitrogens with zero attached hydrogens (tertiary/aromatic N) is 2. The number of allylic oxidation sites excluding steroid dienone is 1. The molecule has 0 aliphatic rings. The predicted molar refractivity (Wildman–Crippen MR) is 129 cm³/mol. The molecule has 0 unspecified atom stereocenters. The standard InChI is InChI=1S/C24H29N3O4S/c1-6-7-8-9-14-27(32(5,29)30)22-17(3)15-19-20(23(28)25-4)21(31-24(19)26-22)18-12-10-16(2)11-13-18/h6,10-13,15H,1,7-9,14H2,2-5H3,(H,25,28). The van der Waals surface area contributed by atoms with Gasteiger partial charge in [0.15, 0.2) is 0 Å². The molecule has 0 aliphatic heterocycles. The van der Waals surface area contributed by atoms with Crippen molar-refractivity contribution in [3.05, 3.63) is 59.7 Å². The number of furan rings is 1. The number of unbranched alkanes of at least 4 members (excludes halogenated alkanes) is 2. The van der Waals surface area contributed by atoms with Crippen molar-refractivity contribution >= 4 is 32.8 Å². The smallest absolute Gasteiger partial charge is 0.255 e. The largest absolute Gasteiger partial charge is 0.437 e. The van der Waals surface area contributed by atoms with Crippen molar-refractivity contribution in [3.8, 4) is 11.3 Å². The number of hydrogen-bond acceptors (Lipinski definition) is 5. The lowest BCUT2D eigenvalue weighted by atomic mass is 10.0. The Balaban J connectivity index is 2.16. The van der Waals surface area contributed by atoms with Gasteiger partial charge in [-0.05, 0) is 44.7 Å². The molecule has 8 heteroatoms. The van der Waals surface area contributed by atoms with E-state index in [1.54, 1.807) is 20.0 Å². The Labute approximate surface area is 189 Å². The Kier molecular flexibility index (Phi) is 7.03. The van der Waals surface area contributed by atoms with Gasteiger partial charge in [-0.3, -0.25) is 9.10 Å². The number of rotatable bonds is 9. The molecule has 3 rings (SSSR count). The van der Waals surface area contributed by atoms with Crippen molar-refractivity contribution in [2.45, 2.75) is 33.1 Å². The summed E-state index contributed by atoms with van der Waals surface area (Å²) in [4.78, 5) is 17.3. The van der Waals surface area contributed by atoms with Gasteiger partial charge in [-0.2, -0.15) is 4.98 Å². The molecule has 0 atom stereocenters. The van der Waals surface area contributed by atoms with Gasteiger partial charge in [0, 0.05) is 19.2 Å². The van der Waals surface area contributed by atoms with Gasteiger partial charge in [0.25, 0.3) is 5.91 Å². The zero-order chi connectivity index (χ0) is 23.5. The average Bonchev–Trinajstić information content (AvgIpc) is 3.10. The van der Waals surface area contributed by atoms with Gasteiger partial charge in [0.05, 0.1) is 17.2 Å². The number of anilines is 1. The van der Waals surface area contributed by atoms with Gasteiger partial charge in [0.2, 0.25) is 15.7 Å². The summed E-state index contributed by atoms with van der Waals surface area (Å²) in [6, 6.07) is 9.42. The minimum absolute atomic E-state index is 0.222. The fourth-order valence-corrected chi connectivity index (χ4v) is 4.56. The first-order valence-corrected chi connectivity index (χ1v) is 12.3. The molecule has 1 amide bonds. The maximum atomic E-state index is 12.7. The van der Waals surface area contributed by atoms with E-state index in [1.165, 1.54) is 10.6 Å². The van der Waals surface area contributed by atoms with Crippen molar-refractivity contribution in [1.29, 1.82) is 0 Å². The second-order valence-electron chi connectivity index (χ2n) is 7.85. The Bertz CT molecular complexity index is 1240. The van der Waals surface area contributed by atoms with E-state index in [9.17, 15) is 13.2 Å². The normalized spacial score (nSPS) is 11.5. The second kappa shape index (κ2) is 9.56. The monoisotopic (exact) mass is 455 g/mol. The van der Waals surface area contributed by atoms with Crippen molar-refractivity contribution < 1.29 is 17.6 Å². The Hall–Kier alpha value is -3.13. The molecule has 3 aromatic rings. The molecule has 2 aromatic heterocycles. The van der Waals surface area contributed by atoms with Gasteiger partial charge in [-0.1, -0.05) is 35.9 Å². The molecule has 1 N–H and O–H groups in total. The quantitative estimate of drug-likeness (QED) is 0.376. The van der Waals surface area contributed by atoms with Crippen molar-refractivity contribution in [2.75, 3.05) is 24.2 Å². The third kappa shape index (κ3) is 4.85. The van der Waals surface area contributed by atoms with Crippen molar-refractivity contribution in [1.82, 2.24) is 10.3 Å². The number of aryl methyl sites for hydroxylation is 2. The van der Waals surface area contributed by atoms with Gasteiger partial charge in [-0.15, -0.1) is 6.58 Å². The van der Waals surface area contributed by atoms with E-state index in [-0.39, 0.29) is 11.6 Å². The number of nitrogens with one attached hydrogen (secondary N) is 1. The molecule has 1 aromatic carbocycles. The molecule has 0 saturated heterocycles. The molecule has 0 bridgehead atoms. The first-order chi connectivity index (χ1) is 15.2. The number of carbonyl (C=O) groups is 1. The average molecular weight is 456 g/mol. The molecular weight excluding hydrogens is 426 g/mol. The Morgan fingerprint density at radius 3 is 2.50 bits per heavy atom. The van der Waals surface area contributed by atoms with E-state index in [4.69, 9.17) is 4.42 Å². The second-order valence-corrected chi connectivity index (χ2v) is 9.76. The van der Waals surface area contributed by atoms with Crippen LogP contribution >= 0.6 is 0 Å². The van der Waals surface area contributed by atoms with Gasteiger partial charge >= 0.3 is 0 Å². The number of aromatic nitrogens is 1. The summed E-state index contributed by atoms with van der Waals surface area (Å²) in [5.74, 6) is 0.421. The summed E-state index contributed by atoms with van der Waals surface area (Å²) in [5, 5.41) is 3.20. The fraction of sp³-hybridized carbons (Fsp3) is 0.333. The minimum atomic E-state index is -3.55. The number of fused-ring (bicyclic) bond motifs is 1. The summed E-state index contributed by atoms with van der Waals surface area (Å²) in [7, 11) is -1.99. The number of amides is 1. The molecule has 0 fully saturated rings. The first kappa shape index (κ1) is 23.5. The SMILES string of the molecule is C=CCCCCN(c1nc2oc(-c3ccc(C)cc3)c(C(=O)NC)c2cc1C)S(C)(=O)=O. The predicted octanol–water partition coefficient (Wildman–Crippen LogP) is 4.59. The maximum absolute atomic E-state index is 12.7. The summed E-state index contributed by atoms with van der Waals surface area (Å²) in [6.07, 6.45) is 5.30. The highest BCUT2D eigenvalue weighted by atomic mass is 32.2. The zero-order valence-electron chi connectivity index (χ0n) is 18.9. The molecule has 32 heavy (non-hydrogen) atoms. The van der Waals surface area contributed by atoms with Gasteiger partial charge in [0.1, 0.15) is 11.6 Å². The highest BCUT2D eigenvalue weighted by molar-refractivity contribution is 7.92. The van der Waals surface area contributed by atoms with Crippen LogP contribution in [0.5, 0.6) is 0 Å². The summed E-state index contributed by atoms with van der Waals surface area (Å²) >= 11 is 0. The van der Waals surface area contributed by atoms with E-state index in [1.807, 2.05) is 37.3 Å². The van der Waals surface area contributed by atoms with Crippen LogP contribution in [-0.2, 0) is 10.0 Å². The molecule has 0 saturated carbocycles. The van der Waals surface area contributed by atoms with Crippen LogP contribution < -0.4 is 9.62 Å². The van der Waals surface area contributed by atoms with Crippen LogP contribution in [0.15, 0.2) is 47.4 Å². The molecule has 0 aliphatic carbocycles. The van der Waals surface area contributed by atoms with Crippen LogP contribution in [-0.4, -0.2) is 39.2 Å². The Morgan fingerprint density at radius 2 is 1.91 bits per heavy atom. The van der Waals surface area contributed by atoms with E-state index in [0.717, 1.165) is 24.0 Å². The van der Waals surface area contributed by atoms with Crippen LogP contribution in [0.4, 0.5) is 5.82 Å². The van der Waals surface area contributed by atoms with Crippen LogP contribution in [0.2, 0.25) is 0 Å². The van der Waals surface area contributed by atoms with E-state index < -0.39 is 10.0 Å². The number of benzene rings is 1. The molecule has 0 spiro atoms. The third-order valence-corrected chi connectivity index (χ3v) is 6.43. The van der Waals surface area contributed by atoms with Crippen LogP contribution in [0, 0.1) is 13.8 Å². The summed E-state index contributed by atoms with van der Waals surface area (Å²) < 4.78 is 32.4. The lowest BCUT2D eigenvalue weighted by molar-refractivity contribution is 0.0964. The van der Waals surface area contributed by atoms with Crippen molar-refractivity contribution in [3.63, 3.8) is 0 Å². The summed E-state index contributed by atoms with van der Waals surface area (Å²) in [6.45, 7) is 7.78. The highest BCUT2D eigenvalue weighted by Crippen LogP contribution is 2.36. The molecule has 170 valence electrons. The fourth-order valence-electron chi connectivity index (χ4n) is 3.60. The van der Waals surface area contributed by atoms with E-state index in [2.05, 4.69) is 16.9 Å². The molecule has 2 heterocycles. The van der Waals surface area contributed by atoms with Crippen LogP contribution in [0.1, 0.15) is 40.7 Å².